The number of H-pyrrole nitrogens is 1. The molecule has 0 saturated carbocycles. The summed E-state index contributed by atoms with van der Waals surface area (Å²) in [4.78, 5) is 29.3. The van der Waals surface area contributed by atoms with Crippen LogP contribution in [0.15, 0.2) is 35.5 Å². The van der Waals surface area contributed by atoms with Gasteiger partial charge >= 0.3 is 6.03 Å². The van der Waals surface area contributed by atoms with Crippen molar-refractivity contribution >= 4 is 23.7 Å². The first-order chi connectivity index (χ1) is 10.6. The Morgan fingerprint density at radius 2 is 2.14 bits per heavy atom. The van der Waals surface area contributed by atoms with E-state index in [0.717, 1.165) is 5.56 Å². The van der Waals surface area contributed by atoms with Crippen molar-refractivity contribution < 1.29 is 9.59 Å². The molecule has 2 heterocycles. The van der Waals surface area contributed by atoms with Crippen LogP contribution in [0.1, 0.15) is 6.92 Å². The van der Waals surface area contributed by atoms with Crippen LogP contribution < -0.4 is 5.32 Å². The molecule has 3 rings (SSSR count). The lowest BCUT2D eigenvalue weighted by Gasteiger charge is -2.15. The van der Waals surface area contributed by atoms with E-state index in [4.69, 9.17) is 0 Å². The molecule has 0 bridgehead atoms. The van der Waals surface area contributed by atoms with Crippen LogP contribution in [0.3, 0.4) is 0 Å². The molecule has 0 unspecified atom stereocenters. The Hall–Kier alpha value is -2.35. The molecule has 0 radical (unpaired) electrons. The normalized spacial score (nSPS) is 15.7. The van der Waals surface area contributed by atoms with Crippen molar-refractivity contribution in [3.05, 3.63) is 30.3 Å². The number of hydrogen-bond acceptors (Lipinski definition) is 5. The molecule has 2 aromatic rings. The summed E-state index contributed by atoms with van der Waals surface area (Å²) in [6, 6.07) is 9.29. The van der Waals surface area contributed by atoms with Crippen LogP contribution in [0.2, 0.25) is 0 Å². The van der Waals surface area contributed by atoms with Crippen LogP contribution in [0.25, 0.3) is 11.4 Å². The molecule has 1 aliphatic rings. The van der Waals surface area contributed by atoms with E-state index >= 15 is 0 Å². The SMILES string of the molecule is C[C@H](Sc1n[nH]c(-c2ccccc2)n1)C(=O)N1CCNC1=O. The molecule has 7 nitrogen and oxygen atoms in total. The van der Waals surface area contributed by atoms with Crippen LogP contribution >= 0.6 is 11.8 Å². The largest absolute Gasteiger partial charge is 0.336 e. The van der Waals surface area contributed by atoms with Crippen molar-refractivity contribution in [3.8, 4) is 11.4 Å². The average Bonchev–Trinajstić information content (AvgIpc) is 3.16. The van der Waals surface area contributed by atoms with Gasteiger partial charge in [-0.25, -0.2) is 9.78 Å². The number of nitrogens with zero attached hydrogens (tertiary/aromatic N) is 3. The van der Waals surface area contributed by atoms with E-state index in [1.807, 2.05) is 30.3 Å². The Morgan fingerprint density at radius 3 is 2.82 bits per heavy atom. The van der Waals surface area contributed by atoms with Crippen molar-refractivity contribution in [1.29, 1.82) is 0 Å². The monoisotopic (exact) mass is 317 g/mol. The highest BCUT2D eigenvalue weighted by Crippen LogP contribution is 2.24. The van der Waals surface area contributed by atoms with Gasteiger partial charge in [0.05, 0.1) is 5.25 Å². The maximum absolute atomic E-state index is 12.2. The summed E-state index contributed by atoms with van der Waals surface area (Å²) >= 11 is 1.23. The van der Waals surface area contributed by atoms with Gasteiger partial charge in [0.25, 0.3) is 0 Å². The van der Waals surface area contributed by atoms with E-state index in [1.54, 1.807) is 6.92 Å². The fourth-order valence-corrected chi connectivity index (χ4v) is 2.92. The summed E-state index contributed by atoms with van der Waals surface area (Å²) < 4.78 is 0. The second-order valence-electron chi connectivity index (χ2n) is 4.81. The summed E-state index contributed by atoms with van der Waals surface area (Å²) in [6.45, 7) is 2.66. The van der Waals surface area contributed by atoms with Crippen molar-refractivity contribution in [1.82, 2.24) is 25.4 Å². The second-order valence-corrected chi connectivity index (χ2v) is 6.12. The molecular formula is C14H15N5O2S. The highest BCUT2D eigenvalue weighted by Gasteiger charge is 2.30. The third-order valence-corrected chi connectivity index (χ3v) is 4.21. The minimum Gasteiger partial charge on any atom is -0.336 e. The summed E-state index contributed by atoms with van der Waals surface area (Å²) in [5.74, 6) is 0.424. The van der Waals surface area contributed by atoms with Gasteiger partial charge in [-0.3, -0.25) is 14.8 Å². The molecule has 0 spiro atoms. The molecule has 0 aliphatic carbocycles. The molecule has 1 fully saturated rings. The summed E-state index contributed by atoms with van der Waals surface area (Å²) in [5, 5.41) is 9.65. The van der Waals surface area contributed by atoms with Gasteiger partial charge in [0.15, 0.2) is 5.82 Å². The van der Waals surface area contributed by atoms with Crippen LogP contribution in [0, 0.1) is 0 Å². The zero-order valence-corrected chi connectivity index (χ0v) is 12.8. The quantitative estimate of drug-likeness (QED) is 0.834. The molecule has 2 N–H and O–H groups in total. The molecule has 22 heavy (non-hydrogen) atoms. The van der Waals surface area contributed by atoms with E-state index in [0.29, 0.717) is 24.1 Å². The minimum absolute atomic E-state index is 0.230. The van der Waals surface area contributed by atoms with Gasteiger partial charge in [-0.05, 0) is 6.92 Å². The third-order valence-electron chi connectivity index (χ3n) is 3.26. The van der Waals surface area contributed by atoms with Gasteiger partial charge in [-0.15, -0.1) is 5.10 Å². The number of benzene rings is 1. The molecule has 114 valence electrons. The van der Waals surface area contributed by atoms with Crippen LogP contribution in [-0.4, -0.2) is 50.4 Å². The Balaban J connectivity index is 1.67. The molecule has 8 heteroatoms. The smallest absolute Gasteiger partial charge is 0.324 e. The Kier molecular flexibility index (Phi) is 4.10. The zero-order valence-electron chi connectivity index (χ0n) is 11.9. The molecular weight excluding hydrogens is 302 g/mol. The van der Waals surface area contributed by atoms with Crippen molar-refractivity contribution in [2.45, 2.75) is 17.3 Å². The second kappa shape index (κ2) is 6.18. The van der Waals surface area contributed by atoms with E-state index in [2.05, 4.69) is 20.5 Å². The number of thioether (sulfide) groups is 1. The van der Waals surface area contributed by atoms with Crippen LogP contribution in [0.5, 0.6) is 0 Å². The number of carbonyl (C=O) groups is 2. The number of imide groups is 1. The van der Waals surface area contributed by atoms with Crippen molar-refractivity contribution in [2.24, 2.45) is 0 Å². The molecule has 1 atom stereocenters. The van der Waals surface area contributed by atoms with Gasteiger partial charge in [0.2, 0.25) is 11.1 Å². The van der Waals surface area contributed by atoms with Crippen LogP contribution in [-0.2, 0) is 4.79 Å². The van der Waals surface area contributed by atoms with Crippen LogP contribution in [0.4, 0.5) is 4.79 Å². The summed E-state index contributed by atoms with van der Waals surface area (Å²) in [7, 11) is 0. The highest BCUT2D eigenvalue weighted by atomic mass is 32.2. The minimum atomic E-state index is -0.428. The van der Waals surface area contributed by atoms with E-state index in [1.165, 1.54) is 16.7 Å². The van der Waals surface area contributed by atoms with Crippen molar-refractivity contribution in [2.75, 3.05) is 13.1 Å². The summed E-state index contributed by atoms with van der Waals surface area (Å²) in [5.41, 5.74) is 0.930. The average molecular weight is 317 g/mol. The standard InChI is InChI=1S/C14H15N5O2S/c1-9(12(20)19-8-7-15-14(19)21)22-13-16-11(17-18-13)10-5-3-2-4-6-10/h2-6,9H,7-8H2,1H3,(H,15,21)(H,16,17,18)/t9-/m0/s1. The third kappa shape index (κ3) is 2.96. The first-order valence-corrected chi connectivity index (χ1v) is 7.77. The maximum atomic E-state index is 12.2. The van der Waals surface area contributed by atoms with E-state index in [9.17, 15) is 9.59 Å². The molecule has 1 saturated heterocycles. The van der Waals surface area contributed by atoms with E-state index in [-0.39, 0.29) is 11.9 Å². The number of nitrogens with one attached hydrogen (secondary N) is 2. The van der Waals surface area contributed by atoms with Crippen molar-refractivity contribution in [3.63, 3.8) is 0 Å². The number of aromatic nitrogens is 3. The fourth-order valence-electron chi connectivity index (χ4n) is 2.13. The topological polar surface area (TPSA) is 91.0 Å². The molecule has 1 aromatic heterocycles. The lowest BCUT2D eigenvalue weighted by Crippen LogP contribution is -2.38. The fraction of sp³-hybridized carbons (Fsp3) is 0.286. The van der Waals surface area contributed by atoms with Gasteiger partial charge in [-0.1, -0.05) is 42.1 Å². The van der Waals surface area contributed by atoms with Gasteiger partial charge in [0, 0.05) is 18.7 Å². The van der Waals surface area contributed by atoms with Gasteiger partial charge < -0.3 is 5.32 Å². The lowest BCUT2D eigenvalue weighted by molar-refractivity contribution is -0.126. The van der Waals surface area contributed by atoms with Gasteiger partial charge in [0.1, 0.15) is 0 Å². The predicted octanol–water partition coefficient (Wildman–Crippen LogP) is 1.50. The number of hydrogen-bond donors (Lipinski definition) is 2. The molecule has 1 aromatic carbocycles. The number of amides is 3. The number of carbonyl (C=O) groups excluding carboxylic acids is 2. The predicted molar refractivity (Wildman–Crippen MR) is 82.2 cm³/mol. The Labute approximate surface area is 131 Å². The summed E-state index contributed by atoms with van der Waals surface area (Å²) in [6.07, 6.45) is 0. The first kappa shape index (κ1) is 14.6. The lowest BCUT2D eigenvalue weighted by atomic mass is 10.2. The number of urea groups is 1. The van der Waals surface area contributed by atoms with E-state index < -0.39 is 5.25 Å². The Bertz CT molecular complexity index is 688. The zero-order chi connectivity index (χ0) is 15.5. The molecule has 1 aliphatic heterocycles. The van der Waals surface area contributed by atoms with Gasteiger partial charge in [-0.2, -0.15) is 0 Å². The maximum Gasteiger partial charge on any atom is 0.324 e. The Morgan fingerprint density at radius 1 is 1.36 bits per heavy atom. The molecule has 3 amide bonds. The highest BCUT2D eigenvalue weighted by molar-refractivity contribution is 8.00. The first-order valence-electron chi connectivity index (χ1n) is 6.89. The number of rotatable bonds is 4. The number of aromatic amines is 1.